The predicted molar refractivity (Wildman–Crippen MR) is 115 cm³/mol. The molecule has 0 aliphatic carbocycles. The molecular formula is C21H15FN4O4S. The third kappa shape index (κ3) is 4.43. The van der Waals surface area contributed by atoms with Gasteiger partial charge in [0.2, 0.25) is 5.91 Å². The van der Waals surface area contributed by atoms with Crippen molar-refractivity contribution < 1.29 is 18.4 Å². The number of carbonyl (C=O) groups excluding carboxylic acids is 2. The Morgan fingerprint density at radius 3 is 2.68 bits per heavy atom. The molecule has 0 atom stereocenters. The largest absolute Gasteiger partial charge is 0.463 e. The average Bonchev–Trinajstić information content (AvgIpc) is 3.40. The van der Waals surface area contributed by atoms with Crippen molar-refractivity contribution in [2.75, 3.05) is 10.6 Å². The van der Waals surface area contributed by atoms with E-state index >= 15 is 0 Å². The van der Waals surface area contributed by atoms with E-state index in [0.717, 1.165) is 11.3 Å². The summed E-state index contributed by atoms with van der Waals surface area (Å²) >= 11 is 1.09. The summed E-state index contributed by atoms with van der Waals surface area (Å²) in [5, 5.41) is 6.83. The van der Waals surface area contributed by atoms with Crippen molar-refractivity contribution in [3.05, 3.63) is 75.8 Å². The maximum atomic E-state index is 14.4. The number of anilines is 2. The topological polar surface area (TPSA) is 117 Å². The van der Waals surface area contributed by atoms with Gasteiger partial charge in [-0.05, 0) is 42.5 Å². The minimum atomic E-state index is -0.644. The van der Waals surface area contributed by atoms with E-state index in [-0.39, 0.29) is 22.2 Å². The Balaban J connectivity index is 1.51. The lowest BCUT2D eigenvalue weighted by Gasteiger charge is -2.05. The zero-order chi connectivity index (χ0) is 22.0. The first-order valence-corrected chi connectivity index (χ1v) is 9.90. The molecule has 3 heterocycles. The van der Waals surface area contributed by atoms with E-state index in [9.17, 15) is 18.8 Å². The molecule has 31 heavy (non-hydrogen) atoms. The molecule has 0 spiro atoms. The molecule has 4 rings (SSSR count). The summed E-state index contributed by atoms with van der Waals surface area (Å²) < 4.78 is 19.6. The number of aromatic amines is 1. The van der Waals surface area contributed by atoms with Crippen molar-refractivity contribution in [2.45, 2.75) is 6.92 Å². The molecule has 0 saturated heterocycles. The molecule has 2 amide bonds. The average molecular weight is 438 g/mol. The first kappa shape index (κ1) is 20.2. The number of H-pyrrole nitrogens is 1. The van der Waals surface area contributed by atoms with Gasteiger partial charge in [-0.25, -0.2) is 9.37 Å². The van der Waals surface area contributed by atoms with E-state index in [2.05, 4.69) is 20.6 Å². The molecule has 3 N–H and O–H groups in total. The zero-order valence-electron chi connectivity index (χ0n) is 16.1. The second kappa shape index (κ2) is 8.36. The molecule has 0 aliphatic heterocycles. The second-order valence-electron chi connectivity index (χ2n) is 6.46. The van der Waals surface area contributed by atoms with E-state index in [4.69, 9.17) is 4.42 Å². The van der Waals surface area contributed by atoms with Gasteiger partial charge in [0.15, 0.2) is 5.13 Å². The van der Waals surface area contributed by atoms with Crippen molar-refractivity contribution in [3.8, 4) is 22.7 Å². The van der Waals surface area contributed by atoms with Crippen LogP contribution in [0.4, 0.5) is 15.2 Å². The lowest BCUT2D eigenvalue weighted by atomic mass is 10.1. The summed E-state index contributed by atoms with van der Waals surface area (Å²) in [5.41, 5.74) is 0.623. The Morgan fingerprint density at radius 1 is 1.16 bits per heavy atom. The quantitative estimate of drug-likeness (QED) is 0.434. The lowest BCUT2D eigenvalue weighted by Crippen LogP contribution is -2.23. The number of amides is 2. The maximum Gasteiger partial charge on any atom is 0.263 e. The normalized spacial score (nSPS) is 10.6. The van der Waals surface area contributed by atoms with Gasteiger partial charge in [-0.3, -0.25) is 19.7 Å². The molecule has 1 aromatic carbocycles. The summed E-state index contributed by atoms with van der Waals surface area (Å²) in [4.78, 5) is 42.7. The first-order valence-electron chi connectivity index (χ1n) is 9.02. The number of furan rings is 1. The molecular weight excluding hydrogens is 423 g/mol. The molecule has 8 nitrogen and oxygen atoms in total. The second-order valence-corrected chi connectivity index (χ2v) is 7.32. The Hall–Kier alpha value is -4.05. The number of hydrogen-bond acceptors (Lipinski definition) is 6. The highest BCUT2D eigenvalue weighted by atomic mass is 32.1. The van der Waals surface area contributed by atoms with Gasteiger partial charge in [0.1, 0.15) is 17.1 Å². The number of aromatic nitrogens is 2. The van der Waals surface area contributed by atoms with Crippen molar-refractivity contribution in [3.63, 3.8) is 0 Å². The van der Waals surface area contributed by atoms with Crippen molar-refractivity contribution in [2.24, 2.45) is 0 Å². The van der Waals surface area contributed by atoms with Gasteiger partial charge < -0.3 is 14.7 Å². The number of nitrogens with one attached hydrogen (secondary N) is 3. The maximum absolute atomic E-state index is 14.4. The Labute approximate surface area is 178 Å². The minimum Gasteiger partial charge on any atom is -0.463 e. The fraction of sp³-hybridized carbons (Fsp3) is 0.0476. The Bertz CT molecular complexity index is 1330. The molecule has 0 aliphatic rings. The van der Waals surface area contributed by atoms with Crippen molar-refractivity contribution >= 4 is 34.0 Å². The molecule has 0 unspecified atom stereocenters. The fourth-order valence-corrected chi connectivity index (χ4v) is 3.56. The highest BCUT2D eigenvalue weighted by molar-refractivity contribution is 7.14. The van der Waals surface area contributed by atoms with Crippen LogP contribution in [-0.4, -0.2) is 21.8 Å². The van der Waals surface area contributed by atoms with Gasteiger partial charge in [-0.2, -0.15) is 0 Å². The molecule has 10 heteroatoms. The van der Waals surface area contributed by atoms with Gasteiger partial charge in [0.25, 0.3) is 11.5 Å². The molecule has 0 saturated carbocycles. The summed E-state index contributed by atoms with van der Waals surface area (Å²) in [7, 11) is 0. The number of halogens is 1. The number of benzene rings is 1. The highest BCUT2D eigenvalue weighted by Crippen LogP contribution is 2.29. The van der Waals surface area contributed by atoms with Crippen LogP contribution in [0.1, 0.15) is 17.3 Å². The van der Waals surface area contributed by atoms with Crippen molar-refractivity contribution in [1.82, 2.24) is 9.97 Å². The van der Waals surface area contributed by atoms with Gasteiger partial charge in [0, 0.05) is 23.6 Å². The molecule has 156 valence electrons. The molecule has 0 bridgehead atoms. The number of rotatable bonds is 5. The number of pyridine rings is 1. The zero-order valence-corrected chi connectivity index (χ0v) is 16.9. The van der Waals surface area contributed by atoms with Gasteiger partial charge in [-0.1, -0.05) is 0 Å². The van der Waals surface area contributed by atoms with Crippen LogP contribution in [0.25, 0.3) is 22.7 Å². The molecule has 3 aromatic heterocycles. The predicted octanol–water partition coefficient (Wildman–Crippen LogP) is 4.11. The summed E-state index contributed by atoms with van der Waals surface area (Å²) in [6, 6.07) is 10.6. The SMILES string of the molecule is CC(=O)Nc1ccc(-c2csc(NC(=O)c3ccc(-c4ccco4)[nH]c3=O)n2)c(F)c1. The summed E-state index contributed by atoms with van der Waals surface area (Å²) in [5.74, 6) is -1.05. The van der Waals surface area contributed by atoms with E-state index in [1.165, 1.54) is 31.4 Å². The van der Waals surface area contributed by atoms with Crippen LogP contribution in [0, 0.1) is 5.82 Å². The highest BCUT2D eigenvalue weighted by Gasteiger charge is 2.16. The first-order chi connectivity index (χ1) is 14.9. The monoisotopic (exact) mass is 438 g/mol. The van der Waals surface area contributed by atoms with E-state index in [1.54, 1.807) is 29.6 Å². The minimum absolute atomic E-state index is 0.0992. The number of nitrogens with zero attached hydrogens (tertiary/aromatic N) is 1. The summed E-state index contributed by atoms with van der Waals surface area (Å²) in [6.45, 7) is 1.33. The van der Waals surface area contributed by atoms with Gasteiger partial charge in [0.05, 0.1) is 17.7 Å². The number of hydrogen-bond donors (Lipinski definition) is 3. The lowest BCUT2D eigenvalue weighted by molar-refractivity contribution is -0.114. The number of carbonyl (C=O) groups is 2. The van der Waals surface area contributed by atoms with Crippen LogP contribution in [0.3, 0.4) is 0 Å². The van der Waals surface area contributed by atoms with Crippen LogP contribution in [0.15, 0.2) is 63.3 Å². The third-order valence-corrected chi connectivity index (χ3v) is 4.99. The Kier molecular flexibility index (Phi) is 5.46. The van der Waals surface area contributed by atoms with Crippen LogP contribution in [0.5, 0.6) is 0 Å². The number of thiazole rings is 1. The van der Waals surface area contributed by atoms with Crippen LogP contribution < -0.4 is 16.2 Å². The van der Waals surface area contributed by atoms with E-state index < -0.39 is 17.3 Å². The Morgan fingerprint density at radius 2 is 2.00 bits per heavy atom. The van der Waals surface area contributed by atoms with Crippen LogP contribution >= 0.6 is 11.3 Å². The summed E-state index contributed by atoms with van der Waals surface area (Å²) in [6.07, 6.45) is 1.48. The molecule has 0 fully saturated rings. The van der Waals surface area contributed by atoms with Crippen LogP contribution in [-0.2, 0) is 4.79 Å². The molecule has 4 aromatic rings. The van der Waals surface area contributed by atoms with Gasteiger partial charge in [-0.15, -0.1) is 11.3 Å². The van der Waals surface area contributed by atoms with E-state index in [0.29, 0.717) is 22.8 Å². The van der Waals surface area contributed by atoms with Gasteiger partial charge >= 0.3 is 0 Å². The smallest absolute Gasteiger partial charge is 0.263 e. The standard InChI is InChI=1S/C21H15FN4O4S/c1-11(27)23-12-4-5-13(15(22)9-12)17-10-31-21(25-17)26-20(29)14-6-7-16(24-19(14)28)18-3-2-8-30-18/h2-10H,1H3,(H,23,27)(H,24,28)(H,25,26,29). The van der Waals surface area contributed by atoms with E-state index in [1.807, 2.05) is 0 Å². The molecule has 0 radical (unpaired) electrons. The van der Waals surface area contributed by atoms with Crippen molar-refractivity contribution in [1.29, 1.82) is 0 Å². The van der Waals surface area contributed by atoms with Crippen LogP contribution in [0.2, 0.25) is 0 Å². The fourth-order valence-electron chi connectivity index (χ4n) is 2.85. The third-order valence-electron chi connectivity index (χ3n) is 4.23.